The van der Waals surface area contributed by atoms with Gasteiger partial charge in [-0.2, -0.15) is 0 Å². The predicted molar refractivity (Wildman–Crippen MR) is 92.1 cm³/mol. The minimum Gasteiger partial charge on any atom is -0.374 e. The molecule has 2 aromatic carbocycles. The van der Waals surface area contributed by atoms with E-state index in [1.165, 1.54) is 12.1 Å². The van der Waals surface area contributed by atoms with Crippen molar-refractivity contribution < 1.29 is 9.18 Å². The smallest absolute Gasteiger partial charge is 0.242 e. The highest BCUT2D eigenvalue weighted by Crippen LogP contribution is 2.14. The maximum atomic E-state index is 12.8. The fourth-order valence-electron chi connectivity index (χ4n) is 2.51. The van der Waals surface area contributed by atoms with Gasteiger partial charge in [0, 0.05) is 12.2 Å². The van der Waals surface area contributed by atoms with E-state index in [9.17, 15) is 9.18 Å². The highest BCUT2D eigenvalue weighted by atomic mass is 19.1. The Morgan fingerprint density at radius 3 is 2.30 bits per heavy atom. The minimum atomic E-state index is -0.315. The second-order valence-electron chi connectivity index (χ2n) is 5.91. The summed E-state index contributed by atoms with van der Waals surface area (Å²) < 4.78 is 12.8. The van der Waals surface area contributed by atoms with Crippen LogP contribution in [0.4, 0.5) is 10.1 Å². The molecule has 4 heteroatoms. The van der Waals surface area contributed by atoms with E-state index in [-0.39, 0.29) is 17.8 Å². The Labute approximate surface area is 136 Å². The van der Waals surface area contributed by atoms with E-state index in [0.29, 0.717) is 13.0 Å². The first-order valence-corrected chi connectivity index (χ1v) is 7.81. The summed E-state index contributed by atoms with van der Waals surface area (Å²) in [5.74, 6) is -0.296. The van der Waals surface area contributed by atoms with Gasteiger partial charge in [0.05, 0.1) is 0 Å². The van der Waals surface area contributed by atoms with Crippen molar-refractivity contribution in [3.63, 3.8) is 0 Å². The lowest BCUT2D eigenvalue weighted by Gasteiger charge is -2.16. The van der Waals surface area contributed by atoms with Crippen LogP contribution in [0, 0.1) is 19.7 Å². The third-order valence-corrected chi connectivity index (χ3v) is 3.62. The molecule has 0 bridgehead atoms. The standard InChI is InChI=1S/C19H23FN2O/c1-13-10-14(2)12-18(11-13)22-15(3)19(23)21-9-8-16-4-6-17(20)7-5-16/h4-7,10-12,15,22H,8-9H2,1-3H3,(H,21,23)/t15-/m0/s1. The maximum absolute atomic E-state index is 12.8. The summed E-state index contributed by atoms with van der Waals surface area (Å²) >= 11 is 0. The van der Waals surface area contributed by atoms with Crippen LogP contribution in [-0.4, -0.2) is 18.5 Å². The lowest BCUT2D eigenvalue weighted by atomic mass is 10.1. The Kier molecular flexibility index (Phi) is 5.74. The highest BCUT2D eigenvalue weighted by molar-refractivity contribution is 5.84. The molecule has 3 nitrogen and oxygen atoms in total. The molecule has 2 rings (SSSR count). The van der Waals surface area contributed by atoms with Gasteiger partial charge in [0.25, 0.3) is 0 Å². The summed E-state index contributed by atoms with van der Waals surface area (Å²) in [6.45, 7) is 6.44. The van der Waals surface area contributed by atoms with Crippen molar-refractivity contribution in [3.05, 3.63) is 65.0 Å². The maximum Gasteiger partial charge on any atom is 0.242 e. The number of rotatable bonds is 6. The van der Waals surface area contributed by atoms with Gasteiger partial charge in [0.1, 0.15) is 11.9 Å². The number of nitrogens with one attached hydrogen (secondary N) is 2. The summed E-state index contributed by atoms with van der Waals surface area (Å²) in [6.07, 6.45) is 0.683. The number of hydrogen-bond acceptors (Lipinski definition) is 2. The molecule has 1 amide bonds. The second-order valence-corrected chi connectivity index (χ2v) is 5.91. The molecule has 0 saturated heterocycles. The first kappa shape index (κ1) is 17.0. The van der Waals surface area contributed by atoms with Crippen LogP contribution in [0.25, 0.3) is 0 Å². The van der Waals surface area contributed by atoms with E-state index >= 15 is 0 Å². The van der Waals surface area contributed by atoms with E-state index < -0.39 is 0 Å². The van der Waals surface area contributed by atoms with Crippen molar-refractivity contribution in [2.45, 2.75) is 33.2 Å². The van der Waals surface area contributed by atoms with Crippen molar-refractivity contribution >= 4 is 11.6 Å². The zero-order valence-electron chi connectivity index (χ0n) is 13.8. The Balaban J connectivity index is 1.81. The SMILES string of the molecule is Cc1cc(C)cc(N[C@@H](C)C(=O)NCCc2ccc(F)cc2)c1. The highest BCUT2D eigenvalue weighted by Gasteiger charge is 2.12. The van der Waals surface area contributed by atoms with Gasteiger partial charge in [-0.05, 0) is 68.1 Å². The number of halogens is 1. The van der Waals surface area contributed by atoms with Gasteiger partial charge in [0.15, 0.2) is 0 Å². The molecule has 0 saturated carbocycles. The fourth-order valence-corrected chi connectivity index (χ4v) is 2.51. The lowest BCUT2D eigenvalue weighted by molar-refractivity contribution is -0.121. The van der Waals surface area contributed by atoms with Crippen LogP contribution in [0.3, 0.4) is 0 Å². The minimum absolute atomic E-state index is 0.0497. The van der Waals surface area contributed by atoms with Crippen molar-refractivity contribution in [2.75, 3.05) is 11.9 Å². The van der Waals surface area contributed by atoms with Gasteiger partial charge in [-0.15, -0.1) is 0 Å². The summed E-state index contributed by atoms with van der Waals surface area (Å²) in [6, 6.07) is 12.2. The number of benzene rings is 2. The van der Waals surface area contributed by atoms with E-state index in [4.69, 9.17) is 0 Å². The third-order valence-electron chi connectivity index (χ3n) is 3.62. The van der Waals surface area contributed by atoms with Gasteiger partial charge in [-0.3, -0.25) is 4.79 Å². The Morgan fingerprint density at radius 2 is 1.70 bits per heavy atom. The number of carbonyl (C=O) groups excluding carboxylic acids is 1. The molecule has 2 aromatic rings. The first-order chi connectivity index (χ1) is 10.9. The molecule has 0 aliphatic carbocycles. The molecular weight excluding hydrogens is 291 g/mol. The topological polar surface area (TPSA) is 41.1 Å². The molecular formula is C19H23FN2O. The van der Waals surface area contributed by atoms with Crippen molar-refractivity contribution in [2.24, 2.45) is 0 Å². The summed E-state index contributed by atoms with van der Waals surface area (Å²) in [5, 5.41) is 6.12. The molecule has 0 aromatic heterocycles. The van der Waals surface area contributed by atoms with Gasteiger partial charge in [-0.25, -0.2) is 4.39 Å². The lowest BCUT2D eigenvalue weighted by Crippen LogP contribution is -2.38. The van der Waals surface area contributed by atoms with Gasteiger partial charge >= 0.3 is 0 Å². The Morgan fingerprint density at radius 1 is 1.09 bits per heavy atom. The fraction of sp³-hybridized carbons (Fsp3) is 0.316. The number of aryl methyl sites for hydroxylation is 2. The quantitative estimate of drug-likeness (QED) is 0.855. The van der Waals surface area contributed by atoms with Crippen LogP contribution >= 0.6 is 0 Å². The van der Waals surface area contributed by atoms with Crippen LogP contribution < -0.4 is 10.6 Å². The van der Waals surface area contributed by atoms with E-state index in [0.717, 1.165) is 22.4 Å². The molecule has 0 unspecified atom stereocenters. The molecule has 0 heterocycles. The number of carbonyl (C=O) groups is 1. The second kappa shape index (κ2) is 7.77. The third kappa shape index (κ3) is 5.40. The average Bonchev–Trinajstić information content (AvgIpc) is 2.48. The Hall–Kier alpha value is -2.36. The number of hydrogen-bond donors (Lipinski definition) is 2. The molecule has 0 aliphatic heterocycles. The van der Waals surface area contributed by atoms with Gasteiger partial charge < -0.3 is 10.6 Å². The largest absolute Gasteiger partial charge is 0.374 e. The van der Waals surface area contributed by atoms with Crippen LogP contribution in [0.15, 0.2) is 42.5 Å². The average molecular weight is 314 g/mol. The molecule has 2 N–H and O–H groups in total. The van der Waals surface area contributed by atoms with E-state index in [1.54, 1.807) is 12.1 Å². The van der Waals surface area contributed by atoms with Gasteiger partial charge in [0.2, 0.25) is 5.91 Å². The van der Waals surface area contributed by atoms with Crippen molar-refractivity contribution in [1.29, 1.82) is 0 Å². The molecule has 0 radical (unpaired) electrons. The molecule has 0 spiro atoms. The first-order valence-electron chi connectivity index (χ1n) is 7.81. The summed E-state index contributed by atoms with van der Waals surface area (Å²) in [5.41, 5.74) is 4.28. The molecule has 1 atom stereocenters. The van der Waals surface area contributed by atoms with Crippen LogP contribution in [0.5, 0.6) is 0 Å². The van der Waals surface area contributed by atoms with Gasteiger partial charge in [-0.1, -0.05) is 18.2 Å². The van der Waals surface area contributed by atoms with Crippen LogP contribution in [0.2, 0.25) is 0 Å². The number of anilines is 1. The van der Waals surface area contributed by atoms with Crippen LogP contribution in [0.1, 0.15) is 23.6 Å². The van der Waals surface area contributed by atoms with Crippen molar-refractivity contribution in [3.8, 4) is 0 Å². The van der Waals surface area contributed by atoms with Crippen LogP contribution in [-0.2, 0) is 11.2 Å². The zero-order valence-corrected chi connectivity index (χ0v) is 13.8. The summed E-state index contributed by atoms with van der Waals surface area (Å²) in [7, 11) is 0. The molecule has 23 heavy (non-hydrogen) atoms. The zero-order chi connectivity index (χ0) is 16.8. The van der Waals surface area contributed by atoms with Crippen molar-refractivity contribution in [1.82, 2.24) is 5.32 Å². The summed E-state index contributed by atoms with van der Waals surface area (Å²) in [4.78, 5) is 12.1. The molecule has 0 aliphatic rings. The number of amides is 1. The van der Waals surface area contributed by atoms with E-state index in [2.05, 4.69) is 16.7 Å². The monoisotopic (exact) mass is 314 g/mol. The van der Waals surface area contributed by atoms with E-state index in [1.807, 2.05) is 32.9 Å². The molecule has 122 valence electrons. The predicted octanol–water partition coefficient (Wildman–Crippen LogP) is 3.60. The molecule has 0 fully saturated rings. The normalized spacial score (nSPS) is 11.8. The Bertz CT molecular complexity index is 647.